The van der Waals surface area contributed by atoms with Crippen LogP contribution in [0.2, 0.25) is 0 Å². The average Bonchev–Trinajstić information content (AvgIpc) is 2.51. The first kappa shape index (κ1) is 11.7. The van der Waals surface area contributed by atoms with Crippen molar-refractivity contribution in [3.8, 4) is 0 Å². The zero-order valence-electron chi connectivity index (χ0n) is 12.0. The summed E-state index contributed by atoms with van der Waals surface area (Å²) in [5.74, 6) is 0.601. The van der Waals surface area contributed by atoms with Gasteiger partial charge < -0.3 is 0 Å². The molecule has 0 saturated carbocycles. The minimum absolute atomic E-state index is 0.601. The largest absolute Gasteiger partial charge is 0.0648 e. The average molecular weight is 258 g/mol. The second-order valence-corrected chi connectivity index (χ2v) is 5.82. The maximum atomic E-state index is 2.40. The van der Waals surface area contributed by atoms with E-state index in [1.54, 1.807) is 0 Å². The summed E-state index contributed by atoms with van der Waals surface area (Å²) in [7, 11) is 0. The molecule has 4 aromatic rings. The van der Waals surface area contributed by atoms with Gasteiger partial charge in [-0.3, -0.25) is 0 Å². The van der Waals surface area contributed by atoms with Gasteiger partial charge in [0, 0.05) is 0 Å². The number of benzene rings is 4. The summed E-state index contributed by atoms with van der Waals surface area (Å²) < 4.78 is 0. The van der Waals surface area contributed by atoms with E-state index in [1.807, 2.05) is 0 Å². The van der Waals surface area contributed by atoms with Gasteiger partial charge in [-0.2, -0.15) is 0 Å². The van der Waals surface area contributed by atoms with Gasteiger partial charge in [-0.15, -0.1) is 0 Å². The molecule has 20 heavy (non-hydrogen) atoms. The van der Waals surface area contributed by atoms with Gasteiger partial charge in [0.1, 0.15) is 0 Å². The zero-order valence-corrected chi connectivity index (χ0v) is 12.0. The third-order valence-corrected chi connectivity index (χ3v) is 4.68. The fourth-order valence-corrected chi connectivity index (χ4v) is 3.42. The Morgan fingerprint density at radius 3 is 2.20 bits per heavy atom. The van der Waals surface area contributed by atoms with Crippen LogP contribution in [0.5, 0.6) is 0 Å². The molecule has 1 atom stereocenters. The van der Waals surface area contributed by atoms with Crippen molar-refractivity contribution in [1.29, 1.82) is 0 Å². The lowest BCUT2D eigenvalue weighted by Crippen LogP contribution is -1.95. The van der Waals surface area contributed by atoms with Gasteiger partial charge >= 0.3 is 0 Å². The molecular formula is C20H18. The molecule has 0 aromatic heterocycles. The highest BCUT2D eigenvalue weighted by atomic mass is 14.2. The first-order valence-corrected chi connectivity index (χ1v) is 7.46. The molecule has 0 heterocycles. The van der Waals surface area contributed by atoms with Crippen molar-refractivity contribution in [2.75, 3.05) is 0 Å². The molecule has 0 radical (unpaired) electrons. The molecule has 98 valence electrons. The molecule has 0 aliphatic heterocycles. The van der Waals surface area contributed by atoms with Gasteiger partial charge in [-0.1, -0.05) is 68.4 Å². The molecular weight excluding hydrogens is 240 g/mol. The van der Waals surface area contributed by atoms with Crippen molar-refractivity contribution in [2.45, 2.75) is 26.2 Å². The summed E-state index contributed by atoms with van der Waals surface area (Å²) in [4.78, 5) is 0. The Balaban J connectivity index is 2.30. The van der Waals surface area contributed by atoms with Crippen LogP contribution in [-0.2, 0) is 0 Å². The molecule has 0 fully saturated rings. The van der Waals surface area contributed by atoms with Crippen molar-refractivity contribution in [3.63, 3.8) is 0 Å². The Morgan fingerprint density at radius 1 is 0.800 bits per heavy atom. The summed E-state index contributed by atoms with van der Waals surface area (Å²) in [6.07, 6.45) is 1.18. The van der Waals surface area contributed by atoms with E-state index in [9.17, 15) is 0 Å². The van der Waals surface area contributed by atoms with Crippen molar-refractivity contribution < 1.29 is 0 Å². The number of rotatable bonds is 2. The second-order valence-electron chi connectivity index (χ2n) is 5.82. The second kappa shape index (κ2) is 4.21. The minimum Gasteiger partial charge on any atom is -0.0648 e. The third kappa shape index (κ3) is 1.48. The summed E-state index contributed by atoms with van der Waals surface area (Å²) in [6.45, 7) is 4.60. The predicted octanol–water partition coefficient (Wildman–Crippen LogP) is 6.10. The number of hydrogen-bond acceptors (Lipinski definition) is 0. The van der Waals surface area contributed by atoms with Crippen LogP contribution < -0.4 is 0 Å². The maximum Gasteiger partial charge on any atom is -0.00239 e. The smallest absolute Gasteiger partial charge is 0.00239 e. The first-order valence-electron chi connectivity index (χ1n) is 7.46. The fourth-order valence-electron chi connectivity index (χ4n) is 3.42. The highest BCUT2D eigenvalue weighted by Crippen LogP contribution is 2.39. The predicted molar refractivity (Wildman–Crippen MR) is 88.9 cm³/mol. The van der Waals surface area contributed by atoms with Gasteiger partial charge in [0.25, 0.3) is 0 Å². The highest BCUT2D eigenvalue weighted by molar-refractivity contribution is 6.23. The van der Waals surface area contributed by atoms with E-state index in [-0.39, 0.29) is 0 Å². The van der Waals surface area contributed by atoms with Gasteiger partial charge in [0.15, 0.2) is 0 Å². The Hall–Kier alpha value is -2.08. The zero-order chi connectivity index (χ0) is 13.7. The van der Waals surface area contributed by atoms with E-state index < -0.39 is 0 Å². The van der Waals surface area contributed by atoms with E-state index in [1.165, 1.54) is 44.3 Å². The fraction of sp³-hybridized carbons (Fsp3) is 0.200. The van der Waals surface area contributed by atoms with Gasteiger partial charge in [0.05, 0.1) is 0 Å². The van der Waals surface area contributed by atoms with Crippen molar-refractivity contribution in [2.24, 2.45) is 0 Å². The van der Waals surface area contributed by atoms with E-state index in [2.05, 4.69) is 68.4 Å². The summed E-state index contributed by atoms with van der Waals surface area (Å²) in [5.41, 5.74) is 1.49. The summed E-state index contributed by atoms with van der Waals surface area (Å²) >= 11 is 0. The lowest BCUT2D eigenvalue weighted by atomic mass is 9.86. The van der Waals surface area contributed by atoms with E-state index in [0.717, 1.165) is 0 Å². The van der Waals surface area contributed by atoms with Crippen molar-refractivity contribution in [3.05, 3.63) is 60.2 Å². The Labute approximate surface area is 119 Å². The molecule has 0 aliphatic rings. The van der Waals surface area contributed by atoms with Crippen LogP contribution in [-0.4, -0.2) is 0 Å². The van der Waals surface area contributed by atoms with E-state index in [4.69, 9.17) is 0 Å². The molecule has 4 rings (SSSR count). The van der Waals surface area contributed by atoms with Crippen LogP contribution >= 0.6 is 0 Å². The lowest BCUT2D eigenvalue weighted by molar-refractivity contribution is 0.740. The van der Waals surface area contributed by atoms with Gasteiger partial charge in [-0.05, 0) is 50.2 Å². The molecule has 0 aliphatic carbocycles. The van der Waals surface area contributed by atoms with Crippen LogP contribution in [0.1, 0.15) is 31.7 Å². The molecule has 0 spiro atoms. The molecule has 0 amide bonds. The maximum absolute atomic E-state index is 2.40. The van der Waals surface area contributed by atoms with Gasteiger partial charge in [-0.25, -0.2) is 0 Å². The van der Waals surface area contributed by atoms with Crippen LogP contribution in [0, 0.1) is 0 Å². The molecule has 0 bridgehead atoms. The number of hydrogen-bond donors (Lipinski definition) is 0. The highest BCUT2D eigenvalue weighted by Gasteiger charge is 2.14. The Morgan fingerprint density at radius 2 is 1.45 bits per heavy atom. The molecule has 0 N–H and O–H groups in total. The van der Waals surface area contributed by atoms with Crippen molar-refractivity contribution in [1.82, 2.24) is 0 Å². The van der Waals surface area contributed by atoms with E-state index >= 15 is 0 Å². The SMILES string of the molecule is CCC(C)c1cc2cccc3ccc4cccc1c4c32. The topological polar surface area (TPSA) is 0 Å². The Bertz CT molecular complexity index is 902. The molecule has 0 nitrogen and oxygen atoms in total. The van der Waals surface area contributed by atoms with Crippen LogP contribution in [0.25, 0.3) is 32.3 Å². The van der Waals surface area contributed by atoms with Gasteiger partial charge in [0.2, 0.25) is 0 Å². The molecule has 1 unspecified atom stereocenters. The summed E-state index contributed by atoms with van der Waals surface area (Å²) in [5, 5.41) is 8.38. The van der Waals surface area contributed by atoms with Crippen LogP contribution in [0.4, 0.5) is 0 Å². The van der Waals surface area contributed by atoms with Crippen LogP contribution in [0.15, 0.2) is 54.6 Å². The quantitative estimate of drug-likeness (QED) is 0.381. The normalized spacial score (nSPS) is 13.5. The third-order valence-electron chi connectivity index (χ3n) is 4.68. The van der Waals surface area contributed by atoms with E-state index in [0.29, 0.717) is 5.92 Å². The van der Waals surface area contributed by atoms with Crippen molar-refractivity contribution >= 4 is 32.3 Å². The van der Waals surface area contributed by atoms with Crippen LogP contribution in [0.3, 0.4) is 0 Å². The molecule has 0 saturated heterocycles. The molecule has 0 heteroatoms. The lowest BCUT2D eigenvalue weighted by Gasteiger charge is -2.17. The monoisotopic (exact) mass is 258 g/mol. The molecule has 4 aromatic carbocycles. The standard InChI is InChI=1S/C20H18/c1-3-13(2)18-12-16-8-4-6-14-10-11-15-7-5-9-17(18)20(15)19(14)16/h4-13H,3H2,1-2H3. The Kier molecular flexibility index (Phi) is 2.47. The minimum atomic E-state index is 0.601. The summed E-state index contributed by atoms with van der Waals surface area (Å²) in [6, 6.07) is 20.2. The first-order chi connectivity index (χ1) is 9.79.